The zero-order valence-electron chi connectivity index (χ0n) is 18.1. The number of fused-ring (bicyclic) bond motifs is 1. The van der Waals surface area contributed by atoms with Gasteiger partial charge in [-0.15, -0.1) is 11.3 Å². The highest BCUT2D eigenvalue weighted by atomic mass is 32.2. The van der Waals surface area contributed by atoms with Crippen molar-refractivity contribution in [2.45, 2.75) is 38.0 Å². The maximum atomic E-state index is 13.1. The third-order valence-corrected chi connectivity index (χ3v) is 8.91. The number of hydrogen-bond donors (Lipinski definition) is 1. The van der Waals surface area contributed by atoms with Gasteiger partial charge in [0.1, 0.15) is 5.00 Å². The molecule has 2 aliphatic rings. The minimum atomic E-state index is -3.75. The molecule has 1 fully saturated rings. The van der Waals surface area contributed by atoms with E-state index in [0.717, 1.165) is 29.7 Å². The molecule has 0 bridgehead atoms. The molecule has 0 radical (unpaired) electrons. The number of nitrogens with one attached hydrogen (secondary N) is 1. The first-order chi connectivity index (χ1) is 15.3. The first-order valence-electron chi connectivity index (χ1n) is 10.6. The third kappa shape index (κ3) is 4.32. The summed E-state index contributed by atoms with van der Waals surface area (Å²) < 4.78 is 38.1. The Morgan fingerprint density at radius 3 is 2.69 bits per heavy atom. The van der Waals surface area contributed by atoms with E-state index in [0.29, 0.717) is 29.3 Å². The van der Waals surface area contributed by atoms with Gasteiger partial charge in [0.25, 0.3) is 5.91 Å². The van der Waals surface area contributed by atoms with E-state index >= 15 is 0 Å². The molecule has 4 rings (SSSR count). The van der Waals surface area contributed by atoms with Crippen LogP contribution in [0.2, 0.25) is 0 Å². The lowest BCUT2D eigenvalue weighted by Gasteiger charge is -2.26. The van der Waals surface area contributed by atoms with Crippen LogP contribution in [0.25, 0.3) is 0 Å². The summed E-state index contributed by atoms with van der Waals surface area (Å²) >= 11 is 1.39. The smallest absolute Gasteiger partial charge is 0.341 e. The van der Waals surface area contributed by atoms with Crippen LogP contribution in [0.4, 0.5) is 5.00 Å². The van der Waals surface area contributed by atoms with Gasteiger partial charge in [-0.05, 0) is 56.4 Å². The number of carbonyl (C=O) groups is 2. The quantitative estimate of drug-likeness (QED) is 0.641. The largest absolute Gasteiger partial charge is 0.462 e. The monoisotopic (exact) mass is 478 g/mol. The fourth-order valence-corrected chi connectivity index (χ4v) is 6.96. The molecule has 1 aliphatic heterocycles. The molecule has 1 saturated heterocycles. The molecule has 1 N–H and O–H groups in total. The standard InChI is InChI=1S/C22H26N2O6S2/c1-3-30-22(26)19-16-5-4-6-17(16)31-21(19)23-20(25)15-8-7-14(2)18(13-15)32(27,28)24-9-11-29-12-10-24/h7-8,13H,3-6,9-12H2,1-2H3,(H,23,25). The molecule has 1 aromatic heterocycles. The number of benzene rings is 1. The average Bonchev–Trinajstić information content (AvgIpc) is 3.35. The van der Waals surface area contributed by atoms with Gasteiger partial charge in [0, 0.05) is 23.5 Å². The van der Waals surface area contributed by atoms with Crippen molar-refractivity contribution < 1.29 is 27.5 Å². The highest BCUT2D eigenvalue weighted by Gasteiger charge is 2.30. The molecule has 0 atom stereocenters. The Balaban J connectivity index is 1.63. The van der Waals surface area contributed by atoms with E-state index < -0.39 is 21.9 Å². The molecule has 1 aliphatic carbocycles. The number of carbonyl (C=O) groups excluding carboxylic acids is 2. The van der Waals surface area contributed by atoms with Gasteiger partial charge < -0.3 is 14.8 Å². The van der Waals surface area contributed by atoms with E-state index in [1.807, 2.05) is 0 Å². The lowest BCUT2D eigenvalue weighted by molar-refractivity contribution is 0.0527. The number of thiophene rings is 1. The summed E-state index contributed by atoms with van der Waals surface area (Å²) in [5.74, 6) is -0.907. The molecular formula is C22H26N2O6S2. The normalized spacial score (nSPS) is 16.6. The molecule has 2 heterocycles. The van der Waals surface area contributed by atoms with Crippen molar-refractivity contribution in [1.29, 1.82) is 0 Å². The Kier molecular flexibility index (Phi) is 6.66. The maximum absolute atomic E-state index is 13.1. The number of esters is 1. The maximum Gasteiger partial charge on any atom is 0.341 e. The number of aryl methyl sites for hydroxylation is 2. The lowest BCUT2D eigenvalue weighted by Crippen LogP contribution is -2.40. The van der Waals surface area contributed by atoms with Crippen LogP contribution >= 0.6 is 11.3 Å². The zero-order valence-corrected chi connectivity index (χ0v) is 19.7. The molecule has 0 saturated carbocycles. The number of sulfonamides is 1. The highest BCUT2D eigenvalue weighted by molar-refractivity contribution is 7.89. The first-order valence-corrected chi connectivity index (χ1v) is 12.9. The predicted molar refractivity (Wildman–Crippen MR) is 121 cm³/mol. The second kappa shape index (κ2) is 9.30. The van der Waals surface area contributed by atoms with Crippen LogP contribution in [0.3, 0.4) is 0 Å². The molecule has 172 valence electrons. The topological polar surface area (TPSA) is 102 Å². The fourth-order valence-electron chi connectivity index (χ4n) is 4.03. The average molecular weight is 479 g/mol. The van der Waals surface area contributed by atoms with Crippen LogP contribution in [0.15, 0.2) is 23.1 Å². The summed E-state index contributed by atoms with van der Waals surface area (Å²) in [6.45, 7) is 4.95. The van der Waals surface area contributed by atoms with E-state index in [9.17, 15) is 18.0 Å². The molecule has 1 amide bonds. The number of morpholine rings is 1. The molecule has 1 aromatic carbocycles. The van der Waals surface area contributed by atoms with Crippen LogP contribution in [0.5, 0.6) is 0 Å². The number of ether oxygens (including phenoxy) is 2. The van der Waals surface area contributed by atoms with Crippen molar-refractivity contribution in [2.24, 2.45) is 0 Å². The van der Waals surface area contributed by atoms with Gasteiger partial charge in [-0.25, -0.2) is 13.2 Å². The van der Waals surface area contributed by atoms with Crippen molar-refractivity contribution in [3.63, 3.8) is 0 Å². The van der Waals surface area contributed by atoms with Gasteiger partial charge in [0.05, 0.1) is 30.3 Å². The van der Waals surface area contributed by atoms with Gasteiger partial charge in [-0.3, -0.25) is 4.79 Å². The minimum absolute atomic E-state index is 0.103. The molecular weight excluding hydrogens is 452 g/mol. The van der Waals surface area contributed by atoms with E-state index in [4.69, 9.17) is 9.47 Å². The van der Waals surface area contributed by atoms with Crippen molar-refractivity contribution in [3.8, 4) is 0 Å². The second-order valence-electron chi connectivity index (χ2n) is 7.73. The Bertz CT molecular complexity index is 1150. The predicted octanol–water partition coefficient (Wildman–Crippen LogP) is 3.00. The Morgan fingerprint density at radius 2 is 1.97 bits per heavy atom. The number of rotatable bonds is 6. The number of hydrogen-bond acceptors (Lipinski definition) is 7. The number of nitrogens with zero attached hydrogens (tertiary/aromatic N) is 1. The summed E-state index contributed by atoms with van der Waals surface area (Å²) in [6, 6.07) is 4.62. The van der Waals surface area contributed by atoms with Crippen LogP contribution in [-0.4, -0.2) is 57.5 Å². The molecule has 10 heteroatoms. The Hall–Kier alpha value is -2.27. The Morgan fingerprint density at radius 1 is 1.22 bits per heavy atom. The van der Waals surface area contributed by atoms with Gasteiger partial charge >= 0.3 is 5.97 Å². The number of amides is 1. The van der Waals surface area contributed by atoms with E-state index in [1.54, 1.807) is 26.0 Å². The van der Waals surface area contributed by atoms with Crippen molar-refractivity contribution in [1.82, 2.24) is 4.31 Å². The van der Waals surface area contributed by atoms with Crippen molar-refractivity contribution in [3.05, 3.63) is 45.3 Å². The molecule has 2 aromatic rings. The van der Waals surface area contributed by atoms with Crippen molar-refractivity contribution in [2.75, 3.05) is 38.2 Å². The van der Waals surface area contributed by atoms with E-state index in [-0.39, 0.29) is 30.2 Å². The highest BCUT2D eigenvalue weighted by Crippen LogP contribution is 2.39. The number of anilines is 1. The summed E-state index contributed by atoms with van der Waals surface area (Å²) in [4.78, 5) is 26.8. The van der Waals surface area contributed by atoms with Gasteiger partial charge in [-0.2, -0.15) is 4.31 Å². The van der Waals surface area contributed by atoms with Crippen LogP contribution in [0, 0.1) is 6.92 Å². The summed E-state index contributed by atoms with van der Waals surface area (Å²) in [6.07, 6.45) is 2.62. The second-order valence-corrected chi connectivity index (χ2v) is 10.7. The zero-order chi connectivity index (χ0) is 22.9. The molecule has 8 nitrogen and oxygen atoms in total. The lowest BCUT2D eigenvalue weighted by atomic mass is 10.1. The van der Waals surface area contributed by atoms with Crippen LogP contribution < -0.4 is 5.32 Å². The fraction of sp³-hybridized carbons (Fsp3) is 0.455. The SMILES string of the molecule is CCOC(=O)c1c(NC(=O)c2ccc(C)c(S(=O)(=O)N3CCOCC3)c2)sc2c1CCC2. The van der Waals surface area contributed by atoms with Gasteiger partial charge in [-0.1, -0.05) is 6.07 Å². The first kappa shape index (κ1) is 22.9. The minimum Gasteiger partial charge on any atom is -0.462 e. The molecule has 0 unspecified atom stereocenters. The summed E-state index contributed by atoms with van der Waals surface area (Å²) in [5, 5.41) is 3.28. The summed E-state index contributed by atoms with van der Waals surface area (Å²) in [7, 11) is -3.75. The van der Waals surface area contributed by atoms with Crippen LogP contribution in [-0.2, 0) is 32.3 Å². The van der Waals surface area contributed by atoms with E-state index in [1.165, 1.54) is 21.7 Å². The van der Waals surface area contributed by atoms with Crippen LogP contribution in [0.1, 0.15) is 50.1 Å². The van der Waals surface area contributed by atoms with Gasteiger partial charge in [0.2, 0.25) is 10.0 Å². The van der Waals surface area contributed by atoms with E-state index in [2.05, 4.69) is 5.32 Å². The summed E-state index contributed by atoms with van der Waals surface area (Å²) in [5.41, 5.74) is 2.15. The third-order valence-electron chi connectivity index (χ3n) is 5.67. The van der Waals surface area contributed by atoms with Gasteiger partial charge in [0.15, 0.2) is 0 Å². The van der Waals surface area contributed by atoms with Crippen molar-refractivity contribution >= 4 is 38.2 Å². The molecule has 0 spiro atoms. The molecule has 32 heavy (non-hydrogen) atoms. The Labute approximate surface area is 191 Å².